The average molecular weight is 333 g/mol. The number of ether oxygens (including phenoxy) is 1. The number of anilines is 1. The van der Waals surface area contributed by atoms with Crippen molar-refractivity contribution in [2.75, 3.05) is 11.9 Å². The average Bonchev–Trinajstić information content (AvgIpc) is 2.58. The molecule has 0 radical (unpaired) electrons. The van der Waals surface area contributed by atoms with Gasteiger partial charge in [-0.05, 0) is 29.8 Å². The lowest BCUT2D eigenvalue weighted by Crippen LogP contribution is -2.07. The van der Waals surface area contributed by atoms with E-state index in [-0.39, 0.29) is 23.5 Å². The van der Waals surface area contributed by atoms with Gasteiger partial charge in [0.25, 0.3) is 12.1 Å². The lowest BCUT2D eigenvalue weighted by molar-refractivity contribution is -0.384. The molecule has 0 spiro atoms. The van der Waals surface area contributed by atoms with Gasteiger partial charge in [0, 0.05) is 12.6 Å². The van der Waals surface area contributed by atoms with Crippen molar-refractivity contribution in [3.63, 3.8) is 0 Å². The molecule has 2 aromatic rings. The van der Waals surface area contributed by atoms with Crippen LogP contribution in [0.2, 0.25) is 0 Å². The van der Waals surface area contributed by atoms with Gasteiger partial charge in [0.05, 0.1) is 16.6 Å². The molecular weight excluding hydrogens is 320 g/mol. The summed E-state index contributed by atoms with van der Waals surface area (Å²) in [6.45, 7) is -0.462. The molecule has 0 bridgehead atoms. The largest absolute Gasteiger partial charge is 0.488 e. The van der Waals surface area contributed by atoms with E-state index in [0.29, 0.717) is 11.3 Å². The Morgan fingerprint density at radius 1 is 1.29 bits per heavy atom. The fourth-order valence-corrected chi connectivity index (χ4v) is 2.00. The summed E-state index contributed by atoms with van der Waals surface area (Å²) >= 11 is 0. The van der Waals surface area contributed by atoms with Gasteiger partial charge in [-0.25, -0.2) is 8.78 Å². The molecule has 0 fully saturated rings. The molecule has 0 amide bonds. The fraction of sp³-hybridized carbons (Fsp3) is 0.188. The van der Waals surface area contributed by atoms with E-state index in [4.69, 9.17) is 10.00 Å². The number of alkyl halides is 2. The van der Waals surface area contributed by atoms with Crippen LogP contribution in [0.4, 0.5) is 20.2 Å². The van der Waals surface area contributed by atoms with E-state index in [0.717, 1.165) is 0 Å². The minimum absolute atomic E-state index is 0.189. The normalized spacial score (nSPS) is 10.2. The maximum atomic E-state index is 12.1. The molecule has 2 rings (SSSR count). The van der Waals surface area contributed by atoms with Gasteiger partial charge >= 0.3 is 0 Å². The molecule has 0 saturated carbocycles. The highest BCUT2D eigenvalue weighted by Gasteiger charge is 2.14. The number of benzene rings is 2. The van der Waals surface area contributed by atoms with Gasteiger partial charge in [0.1, 0.15) is 18.0 Å². The van der Waals surface area contributed by atoms with Crippen molar-refractivity contribution >= 4 is 11.4 Å². The van der Waals surface area contributed by atoms with Crippen LogP contribution in [0.3, 0.4) is 0 Å². The van der Waals surface area contributed by atoms with Crippen molar-refractivity contribution in [1.29, 1.82) is 5.26 Å². The third kappa shape index (κ3) is 4.64. The molecule has 1 N–H and O–H groups in total. The Hall–Kier alpha value is -3.21. The number of hydrogen-bond donors (Lipinski definition) is 1. The molecule has 0 aliphatic rings. The van der Waals surface area contributed by atoms with Crippen LogP contribution in [0.1, 0.15) is 11.1 Å². The molecule has 0 unspecified atom stereocenters. The van der Waals surface area contributed by atoms with Gasteiger partial charge in [-0.2, -0.15) is 5.26 Å². The number of nitrogens with one attached hydrogen (secondary N) is 1. The molecule has 24 heavy (non-hydrogen) atoms. The van der Waals surface area contributed by atoms with Crippen LogP contribution in [-0.2, 0) is 6.54 Å². The number of hydrogen-bond acceptors (Lipinski definition) is 5. The van der Waals surface area contributed by atoms with E-state index in [1.54, 1.807) is 24.3 Å². The fourth-order valence-electron chi connectivity index (χ4n) is 2.00. The standard InChI is InChI=1S/C16H13F2N3O3/c17-16(18)10-24-13-3-1-2-12(6-13)9-20-14-5-4-11(8-19)7-15(14)21(22)23/h1-7,16,20H,9-10H2. The Balaban J connectivity index is 2.10. The Bertz CT molecular complexity index is 775. The Labute approximate surface area is 136 Å². The number of nitro benzene ring substituents is 1. The number of rotatable bonds is 7. The number of halogens is 2. The monoisotopic (exact) mass is 333 g/mol. The van der Waals surface area contributed by atoms with Gasteiger partial charge < -0.3 is 10.1 Å². The van der Waals surface area contributed by atoms with Crippen molar-refractivity contribution in [2.45, 2.75) is 13.0 Å². The minimum atomic E-state index is -2.56. The number of nitro groups is 1. The molecule has 0 heterocycles. The first-order chi connectivity index (χ1) is 11.5. The second-order valence-corrected chi connectivity index (χ2v) is 4.80. The maximum absolute atomic E-state index is 12.1. The van der Waals surface area contributed by atoms with Gasteiger partial charge in [0.2, 0.25) is 0 Å². The van der Waals surface area contributed by atoms with E-state index in [9.17, 15) is 18.9 Å². The van der Waals surface area contributed by atoms with Gasteiger partial charge in [-0.3, -0.25) is 10.1 Å². The number of nitriles is 1. The van der Waals surface area contributed by atoms with E-state index in [2.05, 4.69) is 5.32 Å². The van der Waals surface area contributed by atoms with E-state index >= 15 is 0 Å². The molecule has 0 saturated heterocycles. The van der Waals surface area contributed by atoms with Crippen LogP contribution in [0.15, 0.2) is 42.5 Å². The maximum Gasteiger partial charge on any atom is 0.293 e. The predicted octanol–water partition coefficient (Wildman–Crippen LogP) is 3.72. The number of nitrogens with zero attached hydrogens (tertiary/aromatic N) is 2. The Morgan fingerprint density at radius 3 is 2.75 bits per heavy atom. The minimum Gasteiger partial charge on any atom is -0.488 e. The van der Waals surface area contributed by atoms with Crippen LogP contribution in [0.5, 0.6) is 5.75 Å². The molecule has 0 aromatic heterocycles. The second kappa shape index (κ2) is 7.87. The molecular formula is C16H13F2N3O3. The van der Waals surface area contributed by atoms with E-state index in [1.165, 1.54) is 18.2 Å². The first kappa shape index (κ1) is 17.1. The summed E-state index contributed by atoms with van der Waals surface area (Å²) in [5.41, 5.74) is 0.951. The predicted molar refractivity (Wildman–Crippen MR) is 83.1 cm³/mol. The summed E-state index contributed by atoms with van der Waals surface area (Å²) < 4.78 is 29.2. The third-order valence-corrected chi connectivity index (χ3v) is 3.08. The van der Waals surface area contributed by atoms with Crippen molar-refractivity contribution in [1.82, 2.24) is 0 Å². The van der Waals surface area contributed by atoms with Crippen LogP contribution < -0.4 is 10.1 Å². The van der Waals surface area contributed by atoms with Crippen LogP contribution >= 0.6 is 0 Å². The summed E-state index contributed by atoms with van der Waals surface area (Å²) in [7, 11) is 0. The zero-order chi connectivity index (χ0) is 17.5. The van der Waals surface area contributed by atoms with Crippen molar-refractivity contribution < 1.29 is 18.4 Å². The summed E-state index contributed by atoms with van der Waals surface area (Å²) in [5.74, 6) is 0.295. The first-order valence-electron chi connectivity index (χ1n) is 6.92. The zero-order valence-electron chi connectivity index (χ0n) is 12.4. The summed E-state index contributed by atoms with van der Waals surface area (Å²) in [5, 5.41) is 22.8. The van der Waals surface area contributed by atoms with Crippen LogP contribution in [0.25, 0.3) is 0 Å². The van der Waals surface area contributed by atoms with E-state index in [1.807, 2.05) is 6.07 Å². The summed E-state index contributed by atoms with van der Waals surface area (Å²) in [6.07, 6.45) is -2.56. The third-order valence-electron chi connectivity index (χ3n) is 3.08. The smallest absolute Gasteiger partial charge is 0.293 e. The van der Waals surface area contributed by atoms with Crippen LogP contribution in [-0.4, -0.2) is 18.0 Å². The highest BCUT2D eigenvalue weighted by Crippen LogP contribution is 2.26. The Kier molecular flexibility index (Phi) is 5.63. The topological polar surface area (TPSA) is 88.2 Å². The van der Waals surface area contributed by atoms with Gasteiger partial charge in [-0.1, -0.05) is 12.1 Å². The van der Waals surface area contributed by atoms with Crippen molar-refractivity contribution in [3.05, 3.63) is 63.7 Å². The summed E-state index contributed by atoms with van der Waals surface area (Å²) in [4.78, 5) is 10.5. The van der Waals surface area contributed by atoms with Gasteiger partial charge in [0.15, 0.2) is 0 Å². The molecule has 2 aromatic carbocycles. The van der Waals surface area contributed by atoms with Crippen molar-refractivity contribution in [2.24, 2.45) is 0 Å². The van der Waals surface area contributed by atoms with Gasteiger partial charge in [-0.15, -0.1) is 0 Å². The molecule has 0 atom stereocenters. The highest BCUT2D eigenvalue weighted by molar-refractivity contribution is 5.64. The SMILES string of the molecule is N#Cc1ccc(NCc2cccc(OCC(F)F)c2)c([N+](=O)[O-])c1. The molecule has 6 nitrogen and oxygen atoms in total. The first-order valence-corrected chi connectivity index (χ1v) is 6.92. The van der Waals surface area contributed by atoms with Crippen molar-refractivity contribution in [3.8, 4) is 11.8 Å². The highest BCUT2D eigenvalue weighted by atomic mass is 19.3. The quantitative estimate of drug-likeness (QED) is 0.616. The summed E-state index contributed by atoms with van der Waals surface area (Å²) in [6, 6.07) is 12.5. The lowest BCUT2D eigenvalue weighted by atomic mass is 10.1. The zero-order valence-corrected chi connectivity index (χ0v) is 12.4. The van der Waals surface area contributed by atoms with Crippen LogP contribution in [0, 0.1) is 21.4 Å². The molecule has 0 aliphatic heterocycles. The lowest BCUT2D eigenvalue weighted by Gasteiger charge is -2.10. The Morgan fingerprint density at radius 2 is 2.08 bits per heavy atom. The van der Waals surface area contributed by atoms with E-state index < -0.39 is 18.0 Å². The second-order valence-electron chi connectivity index (χ2n) is 4.80. The molecule has 0 aliphatic carbocycles. The molecule has 124 valence electrons. The molecule has 8 heteroatoms.